The third-order valence-electron chi connectivity index (χ3n) is 4.50. The average Bonchev–Trinajstić information content (AvgIpc) is 3.13. The van der Waals surface area contributed by atoms with Crippen LogP contribution >= 0.6 is 0 Å². The predicted octanol–water partition coefficient (Wildman–Crippen LogP) is 2.95. The number of carboxylic acids is 1. The molecule has 1 N–H and O–H groups in total. The van der Waals surface area contributed by atoms with Gasteiger partial charge in [-0.25, -0.2) is 4.79 Å². The number of ether oxygens (including phenoxy) is 4. The number of carbonyl (C=O) groups is 3. The highest BCUT2D eigenvalue weighted by Gasteiger charge is 2.22. The zero-order chi connectivity index (χ0) is 21.2. The van der Waals surface area contributed by atoms with Crippen LogP contribution in [0.25, 0.3) is 0 Å². The van der Waals surface area contributed by atoms with Crippen LogP contribution in [0.5, 0.6) is 11.5 Å². The van der Waals surface area contributed by atoms with Crippen LogP contribution in [0.2, 0.25) is 0 Å². The van der Waals surface area contributed by atoms with Crippen molar-refractivity contribution in [3.8, 4) is 11.5 Å². The van der Waals surface area contributed by atoms with Gasteiger partial charge in [0.15, 0.2) is 11.5 Å². The molecule has 1 amide bonds. The Morgan fingerprint density at radius 1 is 1.14 bits per heavy atom. The first-order valence-electron chi connectivity index (χ1n) is 9.60. The van der Waals surface area contributed by atoms with Gasteiger partial charge in [0.25, 0.3) is 0 Å². The fourth-order valence-electron chi connectivity index (χ4n) is 2.99. The standard InChI is InChI=1S/C20H27NO8/c1-3-21(14(2)10-15-8-9-16-17(11-15)27-12-26-16)20(25)29-13-28-19(24)7-5-4-6-18(22)23/h8-9,11,14H,3-7,10,12-13H2,1-2H3,(H,22,23)/t14-/m0/s1. The normalized spacial score (nSPS) is 12.9. The van der Waals surface area contributed by atoms with Crippen LogP contribution < -0.4 is 9.47 Å². The third-order valence-corrected chi connectivity index (χ3v) is 4.50. The Balaban J connectivity index is 1.73. The highest BCUT2D eigenvalue weighted by molar-refractivity contribution is 5.70. The Morgan fingerprint density at radius 2 is 1.86 bits per heavy atom. The average molecular weight is 409 g/mol. The monoisotopic (exact) mass is 409 g/mol. The second kappa shape index (κ2) is 11.1. The van der Waals surface area contributed by atoms with Crippen molar-refractivity contribution in [1.29, 1.82) is 0 Å². The summed E-state index contributed by atoms with van der Waals surface area (Å²) in [6, 6.07) is 5.52. The maximum atomic E-state index is 12.3. The lowest BCUT2D eigenvalue weighted by Crippen LogP contribution is -2.40. The van der Waals surface area contributed by atoms with E-state index in [4.69, 9.17) is 24.1 Å². The van der Waals surface area contributed by atoms with Crippen molar-refractivity contribution in [1.82, 2.24) is 4.90 Å². The number of likely N-dealkylation sites (N-methyl/N-ethyl adjacent to an activating group) is 1. The minimum atomic E-state index is -0.901. The molecular formula is C20H27NO8. The van der Waals surface area contributed by atoms with Crippen molar-refractivity contribution < 1.29 is 38.4 Å². The maximum absolute atomic E-state index is 12.3. The van der Waals surface area contributed by atoms with Crippen LogP contribution in [0.1, 0.15) is 45.1 Å². The van der Waals surface area contributed by atoms with E-state index in [-0.39, 0.29) is 25.7 Å². The number of unbranched alkanes of at least 4 members (excludes halogenated alkanes) is 1. The first kappa shape index (κ1) is 22.3. The Morgan fingerprint density at radius 3 is 2.59 bits per heavy atom. The highest BCUT2D eigenvalue weighted by atomic mass is 16.7. The number of hydrogen-bond donors (Lipinski definition) is 1. The number of nitrogens with zero attached hydrogens (tertiary/aromatic N) is 1. The number of hydrogen-bond acceptors (Lipinski definition) is 7. The van der Waals surface area contributed by atoms with Gasteiger partial charge in [-0.15, -0.1) is 0 Å². The number of aliphatic carboxylic acids is 1. The van der Waals surface area contributed by atoms with Crippen molar-refractivity contribution in [2.24, 2.45) is 0 Å². The van der Waals surface area contributed by atoms with E-state index >= 15 is 0 Å². The molecular weight excluding hydrogens is 382 g/mol. The summed E-state index contributed by atoms with van der Waals surface area (Å²) in [6.07, 6.45) is 0.929. The molecule has 9 heteroatoms. The minimum absolute atomic E-state index is 0.00891. The Bertz CT molecular complexity index is 720. The molecule has 1 aromatic rings. The smallest absolute Gasteiger partial charge is 0.412 e. The summed E-state index contributed by atoms with van der Waals surface area (Å²) in [5.41, 5.74) is 1.00. The quantitative estimate of drug-likeness (QED) is 0.337. The Labute approximate surface area is 169 Å². The summed E-state index contributed by atoms with van der Waals surface area (Å²) in [5.74, 6) is -0.0324. The summed E-state index contributed by atoms with van der Waals surface area (Å²) in [4.78, 5) is 35.9. The molecule has 0 spiro atoms. The second-order valence-electron chi connectivity index (χ2n) is 6.67. The van der Waals surface area contributed by atoms with E-state index in [1.807, 2.05) is 32.0 Å². The molecule has 0 unspecified atom stereocenters. The largest absolute Gasteiger partial charge is 0.481 e. The summed E-state index contributed by atoms with van der Waals surface area (Å²) >= 11 is 0. The fraction of sp³-hybridized carbons (Fsp3) is 0.550. The number of carbonyl (C=O) groups excluding carboxylic acids is 2. The van der Waals surface area contributed by atoms with Crippen molar-refractivity contribution in [2.45, 2.75) is 52.0 Å². The molecule has 1 aromatic carbocycles. The molecule has 29 heavy (non-hydrogen) atoms. The maximum Gasteiger partial charge on any atom is 0.412 e. The lowest BCUT2D eigenvalue weighted by molar-refractivity contribution is -0.153. The van der Waals surface area contributed by atoms with Gasteiger partial charge in [0.05, 0.1) is 0 Å². The predicted molar refractivity (Wildman–Crippen MR) is 102 cm³/mol. The molecule has 0 bridgehead atoms. The Kier molecular flexibility index (Phi) is 8.57. The lowest BCUT2D eigenvalue weighted by Gasteiger charge is -2.27. The fourth-order valence-corrected chi connectivity index (χ4v) is 2.99. The van der Waals surface area contributed by atoms with E-state index < -0.39 is 24.8 Å². The number of rotatable bonds is 11. The van der Waals surface area contributed by atoms with E-state index in [0.717, 1.165) is 5.56 Å². The molecule has 0 saturated carbocycles. The molecule has 2 rings (SSSR count). The SMILES string of the molecule is CCN(C(=O)OCOC(=O)CCCCC(=O)O)[C@@H](C)Cc1ccc2c(c1)OCO2. The molecule has 0 radical (unpaired) electrons. The number of amides is 1. The molecule has 0 fully saturated rings. The molecule has 0 aromatic heterocycles. The van der Waals surface area contributed by atoms with E-state index in [9.17, 15) is 14.4 Å². The van der Waals surface area contributed by atoms with Crippen molar-refractivity contribution in [3.05, 3.63) is 23.8 Å². The molecule has 9 nitrogen and oxygen atoms in total. The number of esters is 1. The van der Waals surface area contributed by atoms with Crippen LogP contribution in [-0.2, 0) is 25.5 Å². The minimum Gasteiger partial charge on any atom is -0.481 e. The van der Waals surface area contributed by atoms with Gasteiger partial charge < -0.3 is 29.0 Å². The first-order chi connectivity index (χ1) is 13.9. The summed E-state index contributed by atoms with van der Waals surface area (Å²) in [5, 5.41) is 8.55. The van der Waals surface area contributed by atoms with Gasteiger partial charge >= 0.3 is 18.0 Å². The molecule has 0 aliphatic carbocycles. The molecule has 0 saturated heterocycles. The van der Waals surface area contributed by atoms with Crippen LogP contribution in [0, 0.1) is 0 Å². The molecule has 1 aliphatic rings. The van der Waals surface area contributed by atoms with Gasteiger partial charge in [-0.3, -0.25) is 9.59 Å². The van der Waals surface area contributed by atoms with Gasteiger partial charge in [0, 0.05) is 25.4 Å². The van der Waals surface area contributed by atoms with Crippen molar-refractivity contribution >= 4 is 18.0 Å². The number of benzene rings is 1. The summed E-state index contributed by atoms with van der Waals surface area (Å²) < 4.78 is 20.6. The topological polar surface area (TPSA) is 112 Å². The van der Waals surface area contributed by atoms with E-state index in [2.05, 4.69) is 0 Å². The summed E-state index contributed by atoms with van der Waals surface area (Å²) in [6.45, 7) is 3.92. The van der Waals surface area contributed by atoms with Crippen LogP contribution in [0.15, 0.2) is 18.2 Å². The van der Waals surface area contributed by atoms with Gasteiger partial charge in [-0.1, -0.05) is 6.07 Å². The molecule has 160 valence electrons. The third kappa shape index (κ3) is 7.17. The van der Waals surface area contributed by atoms with Gasteiger partial charge in [0.2, 0.25) is 13.6 Å². The van der Waals surface area contributed by atoms with Gasteiger partial charge in [0.1, 0.15) is 0 Å². The van der Waals surface area contributed by atoms with Gasteiger partial charge in [-0.2, -0.15) is 0 Å². The summed E-state index contributed by atoms with van der Waals surface area (Å²) in [7, 11) is 0. The zero-order valence-corrected chi connectivity index (χ0v) is 16.7. The van der Waals surface area contributed by atoms with Crippen LogP contribution in [-0.4, -0.2) is 54.2 Å². The van der Waals surface area contributed by atoms with E-state index in [1.54, 1.807) is 4.90 Å². The molecule has 1 atom stereocenters. The molecule has 1 heterocycles. The zero-order valence-electron chi connectivity index (χ0n) is 16.7. The van der Waals surface area contributed by atoms with Gasteiger partial charge in [-0.05, 0) is 50.8 Å². The van der Waals surface area contributed by atoms with Crippen LogP contribution in [0.4, 0.5) is 4.79 Å². The van der Waals surface area contributed by atoms with Crippen LogP contribution in [0.3, 0.4) is 0 Å². The number of carboxylic acid groups (broad SMARTS) is 1. The lowest BCUT2D eigenvalue weighted by atomic mass is 10.1. The highest BCUT2D eigenvalue weighted by Crippen LogP contribution is 2.33. The first-order valence-corrected chi connectivity index (χ1v) is 9.60. The second-order valence-corrected chi connectivity index (χ2v) is 6.67. The van der Waals surface area contributed by atoms with Crippen molar-refractivity contribution in [2.75, 3.05) is 20.1 Å². The molecule has 1 aliphatic heterocycles. The van der Waals surface area contributed by atoms with E-state index in [0.29, 0.717) is 37.3 Å². The number of fused-ring (bicyclic) bond motifs is 1. The van der Waals surface area contributed by atoms with E-state index in [1.165, 1.54) is 0 Å². The van der Waals surface area contributed by atoms with Crippen molar-refractivity contribution in [3.63, 3.8) is 0 Å². The Hall–Kier alpha value is -2.97.